The van der Waals surface area contributed by atoms with Crippen LogP contribution in [0.5, 0.6) is 5.75 Å². The van der Waals surface area contributed by atoms with Crippen LogP contribution in [-0.2, 0) is 12.8 Å². The van der Waals surface area contributed by atoms with Gasteiger partial charge in [0.05, 0.1) is 0 Å². The zero-order valence-electron chi connectivity index (χ0n) is 11.5. The van der Waals surface area contributed by atoms with E-state index in [9.17, 15) is 4.79 Å². The number of ether oxygens (including phenoxy) is 1. The lowest BCUT2D eigenvalue weighted by molar-refractivity contribution is 0.0706. The summed E-state index contributed by atoms with van der Waals surface area (Å²) in [6.07, 6.45) is 6.12. The predicted molar refractivity (Wildman–Crippen MR) is 76.4 cm³/mol. The molecule has 1 aromatic carbocycles. The van der Waals surface area contributed by atoms with Crippen molar-refractivity contribution < 1.29 is 14.7 Å². The van der Waals surface area contributed by atoms with E-state index in [4.69, 9.17) is 9.94 Å². The normalized spacial score (nSPS) is 16.9. The van der Waals surface area contributed by atoms with E-state index < -0.39 is 5.91 Å². The SMILES string of the molecule is O=C(NO)c1ccc2c(c1)CC(Oc1ccncc1)CC2. The quantitative estimate of drug-likeness (QED) is 0.669. The first-order valence-electron chi connectivity index (χ1n) is 6.89. The molecule has 1 atom stereocenters. The number of amides is 1. The Labute approximate surface area is 122 Å². The van der Waals surface area contributed by atoms with Crippen molar-refractivity contribution in [1.82, 2.24) is 10.5 Å². The summed E-state index contributed by atoms with van der Waals surface area (Å²) in [6, 6.07) is 9.18. The van der Waals surface area contributed by atoms with Gasteiger partial charge in [0.2, 0.25) is 0 Å². The molecule has 5 heteroatoms. The molecular formula is C16H16N2O3. The maximum atomic E-state index is 11.5. The molecule has 0 saturated carbocycles. The second-order valence-electron chi connectivity index (χ2n) is 5.09. The number of nitrogens with zero attached hydrogens (tertiary/aromatic N) is 1. The highest BCUT2D eigenvalue weighted by molar-refractivity contribution is 5.93. The lowest BCUT2D eigenvalue weighted by Gasteiger charge is -2.25. The number of benzene rings is 1. The van der Waals surface area contributed by atoms with E-state index in [-0.39, 0.29) is 6.10 Å². The minimum Gasteiger partial charge on any atom is -0.490 e. The molecule has 5 nitrogen and oxygen atoms in total. The Morgan fingerprint density at radius 2 is 2.05 bits per heavy atom. The molecule has 1 aliphatic rings. The summed E-state index contributed by atoms with van der Waals surface area (Å²) in [4.78, 5) is 15.4. The van der Waals surface area contributed by atoms with Gasteiger partial charge in [-0.3, -0.25) is 15.0 Å². The van der Waals surface area contributed by atoms with Crippen LogP contribution in [-0.4, -0.2) is 22.2 Å². The van der Waals surface area contributed by atoms with Crippen LogP contribution in [0.4, 0.5) is 0 Å². The highest BCUT2D eigenvalue weighted by Gasteiger charge is 2.21. The van der Waals surface area contributed by atoms with Crippen LogP contribution in [0, 0.1) is 0 Å². The van der Waals surface area contributed by atoms with Gasteiger partial charge in [-0.15, -0.1) is 0 Å². The van der Waals surface area contributed by atoms with Crippen molar-refractivity contribution in [3.63, 3.8) is 0 Å². The van der Waals surface area contributed by atoms with E-state index >= 15 is 0 Å². The molecule has 21 heavy (non-hydrogen) atoms. The number of aromatic nitrogens is 1. The molecule has 0 radical (unpaired) electrons. The van der Waals surface area contributed by atoms with Gasteiger partial charge in [0, 0.05) is 24.4 Å². The molecule has 0 saturated heterocycles. The zero-order chi connectivity index (χ0) is 14.7. The van der Waals surface area contributed by atoms with Gasteiger partial charge >= 0.3 is 0 Å². The Hall–Kier alpha value is -2.40. The summed E-state index contributed by atoms with van der Waals surface area (Å²) in [7, 11) is 0. The Kier molecular flexibility index (Phi) is 3.83. The first-order chi connectivity index (χ1) is 10.3. The molecule has 0 fully saturated rings. The number of hydrogen-bond donors (Lipinski definition) is 2. The van der Waals surface area contributed by atoms with Crippen molar-refractivity contribution in [3.8, 4) is 5.75 Å². The van der Waals surface area contributed by atoms with Crippen LogP contribution in [0.3, 0.4) is 0 Å². The summed E-state index contributed by atoms with van der Waals surface area (Å²) < 4.78 is 5.95. The van der Waals surface area contributed by atoms with Gasteiger partial charge in [-0.1, -0.05) is 6.07 Å². The van der Waals surface area contributed by atoms with E-state index in [1.165, 1.54) is 5.56 Å². The molecule has 1 heterocycles. The average molecular weight is 284 g/mol. The topological polar surface area (TPSA) is 71.5 Å². The van der Waals surface area contributed by atoms with Gasteiger partial charge in [0.25, 0.3) is 5.91 Å². The maximum Gasteiger partial charge on any atom is 0.274 e. The summed E-state index contributed by atoms with van der Waals surface area (Å²) in [5.74, 6) is 0.317. The number of nitrogens with one attached hydrogen (secondary N) is 1. The molecule has 1 unspecified atom stereocenters. The van der Waals surface area contributed by atoms with Gasteiger partial charge in [-0.25, -0.2) is 5.48 Å². The van der Waals surface area contributed by atoms with Crippen molar-refractivity contribution >= 4 is 5.91 Å². The molecule has 0 bridgehead atoms. The second-order valence-corrected chi connectivity index (χ2v) is 5.09. The molecule has 108 valence electrons. The summed E-state index contributed by atoms with van der Waals surface area (Å²) in [6.45, 7) is 0. The van der Waals surface area contributed by atoms with Gasteiger partial charge in [0.1, 0.15) is 11.9 Å². The summed E-state index contributed by atoms with van der Waals surface area (Å²) in [5, 5.41) is 8.71. The van der Waals surface area contributed by atoms with Crippen molar-refractivity contribution in [3.05, 3.63) is 59.4 Å². The molecule has 0 aliphatic heterocycles. The first kappa shape index (κ1) is 13.6. The molecule has 2 aromatic rings. The van der Waals surface area contributed by atoms with Crippen molar-refractivity contribution in [2.24, 2.45) is 0 Å². The van der Waals surface area contributed by atoms with Crippen LogP contribution < -0.4 is 10.2 Å². The number of hydroxylamine groups is 1. The molecule has 0 spiro atoms. The van der Waals surface area contributed by atoms with Gasteiger partial charge < -0.3 is 4.74 Å². The van der Waals surface area contributed by atoms with E-state index in [0.29, 0.717) is 5.56 Å². The van der Waals surface area contributed by atoms with E-state index in [2.05, 4.69) is 4.98 Å². The Bertz CT molecular complexity index is 643. The number of hydrogen-bond acceptors (Lipinski definition) is 4. The van der Waals surface area contributed by atoms with Gasteiger partial charge in [-0.05, 0) is 48.2 Å². The van der Waals surface area contributed by atoms with Crippen molar-refractivity contribution in [2.45, 2.75) is 25.4 Å². The van der Waals surface area contributed by atoms with E-state index in [1.54, 1.807) is 23.9 Å². The number of fused-ring (bicyclic) bond motifs is 1. The minimum atomic E-state index is -0.491. The van der Waals surface area contributed by atoms with Crippen molar-refractivity contribution in [2.75, 3.05) is 0 Å². The number of rotatable bonds is 3. The van der Waals surface area contributed by atoms with Gasteiger partial charge in [0.15, 0.2) is 0 Å². The largest absolute Gasteiger partial charge is 0.490 e. The fourth-order valence-electron chi connectivity index (χ4n) is 2.64. The predicted octanol–water partition coefficient (Wildman–Crippen LogP) is 2.14. The zero-order valence-corrected chi connectivity index (χ0v) is 11.5. The molecule has 2 N–H and O–H groups in total. The lowest BCUT2D eigenvalue weighted by Crippen LogP contribution is -2.26. The van der Waals surface area contributed by atoms with Gasteiger partial charge in [-0.2, -0.15) is 0 Å². The van der Waals surface area contributed by atoms with Crippen LogP contribution >= 0.6 is 0 Å². The first-order valence-corrected chi connectivity index (χ1v) is 6.89. The smallest absolute Gasteiger partial charge is 0.274 e. The molecule has 1 amide bonds. The van der Waals surface area contributed by atoms with Crippen molar-refractivity contribution in [1.29, 1.82) is 0 Å². The number of carbonyl (C=O) groups is 1. The number of aryl methyl sites for hydroxylation is 1. The van der Waals surface area contributed by atoms with Crippen LogP contribution in [0.2, 0.25) is 0 Å². The average Bonchev–Trinajstić information content (AvgIpc) is 2.54. The second kappa shape index (κ2) is 5.93. The summed E-state index contributed by atoms with van der Waals surface area (Å²) in [5.41, 5.74) is 4.45. The molecule has 3 rings (SSSR count). The fraction of sp³-hybridized carbons (Fsp3) is 0.250. The van der Waals surface area contributed by atoms with Crippen LogP contribution in [0.1, 0.15) is 27.9 Å². The number of carbonyl (C=O) groups excluding carboxylic acids is 1. The lowest BCUT2D eigenvalue weighted by atomic mass is 9.88. The highest BCUT2D eigenvalue weighted by atomic mass is 16.5. The number of pyridine rings is 1. The monoisotopic (exact) mass is 284 g/mol. The maximum absolute atomic E-state index is 11.5. The third-order valence-electron chi connectivity index (χ3n) is 3.71. The molecular weight excluding hydrogens is 268 g/mol. The Balaban J connectivity index is 1.76. The van der Waals surface area contributed by atoms with E-state index in [1.807, 2.05) is 24.3 Å². The van der Waals surface area contributed by atoms with Crippen LogP contribution in [0.15, 0.2) is 42.7 Å². The molecule has 1 aliphatic carbocycles. The minimum absolute atomic E-state index is 0.0901. The third kappa shape index (κ3) is 3.03. The fourth-order valence-corrected chi connectivity index (χ4v) is 2.64. The Morgan fingerprint density at radius 1 is 1.24 bits per heavy atom. The van der Waals surface area contributed by atoms with Crippen LogP contribution in [0.25, 0.3) is 0 Å². The Morgan fingerprint density at radius 3 is 2.81 bits per heavy atom. The third-order valence-corrected chi connectivity index (χ3v) is 3.71. The van der Waals surface area contributed by atoms with E-state index in [0.717, 1.165) is 30.6 Å². The standard InChI is InChI=1S/C16H16N2O3/c19-16(18-20)12-2-1-11-3-4-15(10-13(11)9-12)21-14-5-7-17-8-6-14/h1-2,5-9,15,20H,3-4,10H2,(H,18,19). The highest BCUT2D eigenvalue weighted by Crippen LogP contribution is 2.25. The molecule has 1 aromatic heterocycles. The summed E-state index contributed by atoms with van der Waals surface area (Å²) >= 11 is 0.